The van der Waals surface area contributed by atoms with Gasteiger partial charge in [0.15, 0.2) is 0 Å². The Labute approximate surface area is 158 Å². The van der Waals surface area contributed by atoms with E-state index in [1.165, 1.54) is 23.8 Å². The second kappa shape index (κ2) is 8.95. The molecule has 0 saturated carbocycles. The minimum atomic E-state index is -2.75. The van der Waals surface area contributed by atoms with Gasteiger partial charge in [-0.3, -0.25) is 10.0 Å². The molecular weight excluding hydrogens is 352 g/mol. The molecule has 146 valence electrons. The van der Waals surface area contributed by atoms with E-state index >= 15 is 0 Å². The number of rotatable bonds is 7. The zero-order valence-electron chi connectivity index (χ0n) is 16.1. The number of hydrogen-bond acceptors (Lipinski definition) is 3. The number of hydrogen-bond donors (Lipinski definition) is 1. The Morgan fingerprint density at radius 2 is 1.89 bits per heavy atom. The van der Waals surface area contributed by atoms with Crippen LogP contribution >= 0.6 is 0 Å². The Balaban J connectivity index is 2.40. The first-order chi connectivity index (χ1) is 12.8. The van der Waals surface area contributed by atoms with Gasteiger partial charge in [-0.1, -0.05) is 32.0 Å². The summed E-state index contributed by atoms with van der Waals surface area (Å²) in [4.78, 5) is 11.8. The van der Waals surface area contributed by atoms with Crippen molar-refractivity contribution < 1.29 is 23.5 Å². The number of halogens is 2. The fraction of sp³-hybridized carbons (Fsp3) is 0.381. The highest BCUT2D eigenvalue weighted by molar-refractivity contribution is 5.91. The number of anilines is 1. The highest BCUT2D eigenvalue weighted by Gasteiger charge is 2.22. The van der Waals surface area contributed by atoms with E-state index in [0.717, 1.165) is 17.5 Å². The summed E-state index contributed by atoms with van der Waals surface area (Å²) in [5, 5.41) is 10.5. The van der Waals surface area contributed by atoms with E-state index in [9.17, 15) is 18.8 Å². The quantitative estimate of drug-likeness (QED) is 0.511. The molecule has 0 aromatic heterocycles. The molecule has 0 bridgehead atoms. The van der Waals surface area contributed by atoms with Crippen LogP contribution in [0.3, 0.4) is 0 Å². The van der Waals surface area contributed by atoms with Gasteiger partial charge in [0.2, 0.25) is 5.91 Å². The first kappa shape index (κ1) is 20.8. The molecule has 2 rings (SSSR count). The lowest BCUT2D eigenvalue weighted by Crippen LogP contribution is -2.27. The van der Waals surface area contributed by atoms with Crippen LogP contribution in [-0.2, 0) is 17.8 Å². The van der Waals surface area contributed by atoms with E-state index < -0.39 is 12.3 Å². The van der Waals surface area contributed by atoms with E-state index in [-0.39, 0.29) is 29.8 Å². The molecule has 0 radical (unpaired) electrons. The van der Waals surface area contributed by atoms with Crippen LogP contribution in [0.1, 0.15) is 54.5 Å². The molecule has 0 spiro atoms. The third kappa shape index (κ3) is 4.63. The average molecular weight is 377 g/mol. The number of amides is 1. The van der Waals surface area contributed by atoms with Gasteiger partial charge in [0.05, 0.1) is 5.69 Å². The Hall–Kier alpha value is -2.47. The van der Waals surface area contributed by atoms with Crippen LogP contribution in [0.25, 0.3) is 0 Å². The summed E-state index contributed by atoms with van der Waals surface area (Å²) in [6.45, 7) is 7.33. The first-order valence-corrected chi connectivity index (χ1v) is 8.94. The van der Waals surface area contributed by atoms with E-state index in [0.29, 0.717) is 10.8 Å². The number of benzene rings is 2. The summed E-state index contributed by atoms with van der Waals surface area (Å²) in [6, 6.07) is 7.99. The maximum Gasteiger partial charge on any atom is 0.264 e. The second-order valence-corrected chi connectivity index (χ2v) is 6.39. The van der Waals surface area contributed by atoms with Gasteiger partial charge in [0, 0.05) is 17.5 Å². The topological polar surface area (TPSA) is 49.8 Å². The number of carbonyl (C=O) groups excluding carboxylic acids is 1. The van der Waals surface area contributed by atoms with Gasteiger partial charge < -0.3 is 4.74 Å². The summed E-state index contributed by atoms with van der Waals surface area (Å²) in [7, 11) is 0. The molecule has 0 fully saturated rings. The predicted molar refractivity (Wildman–Crippen MR) is 101 cm³/mol. The Morgan fingerprint density at radius 1 is 1.19 bits per heavy atom. The smallest absolute Gasteiger partial charge is 0.264 e. The maximum atomic E-state index is 13.5. The van der Waals surface area contributed by atoms with Crippen molar-refractivity contribution in [2.24, 2.45) is 0 Å². The van der Waals surface area contributed by atoms with Crippen LogP contribution in [0.2, 0.25) is 0 Å². The van der Waals surface area contributed by atoms with Gasteiger partial charge in [-0.2, -0.15) is 5.06 Å². The van der Waals surface area contributed by atoms with Crippen LogP contribution < -0.4 is 9.80 Å². The van der Waals surface area contributed by atoms with Crippen molar-refractivity contribution in [1.29, 1.82) is 0 Å². The highest BCUT2D eigenvalue weighted by atomic mass is 19.3. The van der Waals surface area contributed by atoms with Crippen molar-refractivity contribution in [1.82, 2.24) is 0 Å². The third-order valence-electron chi connectivity index (χ3n) is 4.58. The molecule has 0 heterocycles. The Kier molecular flexibility index (Phi) is 6.91. The summed E-state index contributed by atoms with van der Waals surface area (Å²) in [6.07, 6.45) is -1.81. The molecule has 0 aliphatic rings. The molecule has 6 heteroatoms. The third-order valence-corrected chi connectivity index (χ3v) is 4.58. The van der Waals surface area contributed by atoms with Crippen molar-refractivity contribution >= 4 is 11.6 Å². The number of alkyl halides is 2. The van der Waals surface area contributed by atoms with Crippen molar-refractivity contribution in [2.45, 2.75) is 53.6 Å². The van der Waals surface area contributed by atoms with Crippen molar-refractivity contribution in [3.8, 4) is 5.75 Å². The van der Waals surface area contributed by atoms with Crippen LogP contribution in [0.5, 0.6) is 5.75 Å². The number of ether oxygens (including phenoxy) is 1. The zero-order valence-corrected chi connectivity index (χ0v) is 16.1. The summed E-state index contributed by atoms with van der Waals surface area (Å²) < 4.78 is 32.8. The van der Waals surface area contributed by atoms with Gasteiger partial charge in [-0.05, 0) is 49.1 Å². The van der Waals surface area contributed by atoms with Gasteiger partial charge in [-0.25, -0.2) is 8.78 Å². The molecule has 1 amide bonds. The Morgan fingerprint density at radius 3 is 2.48 bits per heavy atom. The van der Waals surface area contributed by atoms with E-state index in [2.05, 4.69) is 6.92 Å². The van der Waals surface area contributed by atoms with Gasteiger partial charge in [0.1, 0.15) is 12.4 Å². The Bertz CT molecular complexity index is 821. The van der Waals surface area contributed by atoms with E-state index in [1.54, 1.807) is 6.92 Å². The number of nitrogens with zero attached hydrogens (tertiary/aromatic N) is 1. The SMILES string of the molecule is CCC(=O)N(O)c1cccc(C(F)F)c1COc1cc(C)c(CC)cc1C. The van der Waals surface area contributed by atoms with Crippen molar-refractivity contribution in [2.75, 3.05) is 5.06 Å². The van der Waals surface area contributed by atoms with Gasteiger partial charge >= 0.3 is 0 Å². The molecule has 27 heavy (non-hydrogen) atoms. The first-order valence-electron chi connectivity index (χ1n) is 8.94. The summed E-state index contributed by atoms with van der Waals surface area (Å²) in [5.41, 5.74) is 3.00. The van der Waals surface area contributed by atoms with Gasteiger partial charge in [0.25, 0.3) is 6.43 Å². The molecule has 0 atom stereocenters. The molecule has 0 saturated heterocycles. The lowest BCUT2D eigenvalue weighted by Gasteiger charge is -2.21. The molecule has 4 nitrogen and oxygen atoms in total. The maximum absolute atomic E-state index is 13.5. The number of aryl methyl sites for hydroxylation is 3. The molecule has 2 aromatic rings. The molecule has 0 aliphatic carbocycles. The van der Waals surface area contributed by atoms with E-state index in [1.807, 2.05) is 26.0 Å². The zero-order chi connectivity index (χ0) is 20.1. The van der Waals surface area contributed by atoms with Crippen LogP contribution in [0.15, 0.2) is 30.3 Å². The minimum Gasteiger partial charge on any atom is -0.489 e. The van der Waals surface area contributed by atoms with Gasteiger partial charge in [-0.15, -0.1) is 0 Å². The normalized spacial score (nSPS) is 11.0. The van der Waals surface area contributed by atoms with Crippen LogP contribution in [-0.4, -0.2) is 11.1 Å². The standard InChI is InChI=1S/C21H25F2NO3/c1-5-15-10-14(4)19(11-13(15)3)27-12-17-16(21(22)23)8-7-9-18(17)24(26)20(25)6-2/h7-11,21,26H,5-6,12H2,1-4H3. The number of hydroxylamine groups is 1. The monoisotopic (exact) mass is 377 g/mol. The van der Waals surface area contributed by atoms with Crippen LogP contribution in [0.4, 0.5) is 14.5 Å². The second-order valence-electron chi connectivity index (χ2n) is 6.39. The average Bonchev–Trinajstić information content (AvgIpc) is 2.66. The van der Waals surface area contributed by atoms with Crippen molar-refractivity contribution in [3.63, 3.8) is 0 Å². The van der Waals surface area contributed by atoms with E-state index in [4.69, 9.17) is 4.74 Å². The minimum absolute atomic E-state index is 0.0132. The lowest BCUT2D eigenvalue weighted by molar-refractivity contribution is -0.123. The summed E-state index contributed by atoms with van der Waals surface area (Å²) in [5.74, 6) is 0.00742. The molecule has 0 unspecified atom stereocenters. The fourth-order valence-electron chi connectivity index (χ4n) is 2.97. The lowest BCUT2D eigenvalue weighted by atomic mass is 10.0. The molecule has 0 aliphatic heterocycles. The molecule has 2 aromatic carbocycles. The highest BCUT2D eigenvalue weighted by Crippen LogP contribution is 2.32. The largest absolute Gasteiger partial charge is 0.489 e. The summed E-state index contributed by atoms with van der Waals surface area (Å²) >= 11 is 0. The molecule has 1 N–H and O–H groups in total. The molecular formula is C21H25F2NO3. The van der Waals surface area contributed by atoms with Crippen molar-refractivity contribution in [3.05, 3.63) is 58.1 Å². The predicted octanol–water partition coefficient (Wildman–Crippen LogP) is 5.51. The van der Waals surface area contributed by atoms with Crippen LogP contribution in [0, 0.1) is 13.8 Å². The fourth-order valence-corrected chi connectivity index (χ4v) is 2.97. The number of carbonyl (C=O) groups is 1.